The van der Waals surface area contributed by atoms with Gasteiger partial charge < -0.3 is 11.5 Å². The van der Waals surface area contributed by atoms with E-state index >= 15 is 0 Å². The molecule has 0 saturated carbocycles. The first kappa shape index (κ1) is 13.7. The fourth-order valence-corrected chi connectivity index (χ4v) is 3.22. The van der Waals surface area contributed by atoms with Crippen molar-refractivity contribution in [1.29, 1.82) is 0 Å². The van der Waals surface area contributed by atoms with Gasteiger partial charge in [-0.05, 0) is 49.9 Å². The zero-order valence-corrected chi connectivity index (χ0v) is 11.2. The van der Waals surface area contributed by atoms with Crippen molar-refractivity contribution < 1.29 is 0 Å². The lowest BCUT2D eigenvalue weighted by Crippen LogP contribution is -2.29. The summed E-state index contributed by atoms with van der Waals surface area (Å²) in [5.74, 6) is 1.04. The molecule has 1 rings (SSSR count). The summed E-state index contributed by atoms with van der Waals surface area (Å²) in [5.41, 5.74) is 11.4. The number of hydrogen-bond donors (Lipinski definition) is 2. The first-order valence-corrected chi connectivity index (χ1v) is 7.00. The molecule has 0 aliphatic carbocycles. The minimum absolute atomic E-state index is 0.455. The van der Waals surface area contributed by atoms with Crippen LogP contribution >= 0.6 is 11.3 Å². The van der Waals surface area contributed by atoms with Gasteiger partial charge in [0.05, 0.1) is 0 Å². The summed E-state index contributed by atoms with van der Waals surface area (Å²) in [6, 6.07) is 4.52. The zero-order chi connectivity index (χ0) is 12.0. The summed E-state index contributed by atoms with van der Waals surface area (Å²) in [4.78, 5) is 2.98. The molecule has 0 amide bonds. The molecule has 3 heteroatoms. The molecule has 4 N–H and O–H groups in total. The zero-order valence-electron chi connectivity index (χ0n) is 10.4. The Kier molecular flexibility index (Phi) is 6.03. The summed E-state index contributed by atoms with van der Waals surface area (Å²) >= 11 is 1.94. The highest BCUT2D eigenvalue weighted by molar-refractivity contribution is 7.11. The quantitative estimate of drug-likeness (QED) is 0.769. The van der Waals surface area contributed by atoms with Gasteiger partial charge in [-0.15, -0.1) is 11.3 Å². The van der Waals surface area contributed by atoms with Crippen molar-refractivity contribution in [3.63, 3.8) is 0 Å². The van der Waals surface area contributed by atoms with Gasteiger partial charge in [0, 0.05) is 9.75 Å². The maximum Gasteiger partial charge on any atom is 0.00509 e. The largest absolute Gasteiger partial charge is 0.330 e. The highest BCUT2D eigenvalue weighted by atomic mass is 32.1. The van der Waals surface area contributed by atoms with Gasteiger partial charge in [-0.2, -0.15) is 0 Å². The predicted octanol–water partition coefficient (Wildman–Crippen LogP) is 2.41. The molecule has 0 aromatic carbocycles. The van der Waals surface area contributed by atoms with Gasteiger partial charge in [-0.3, -0.25) is 0 Å². The van der Waals surface area contributed by atoms with Gasteiger partial charge in [0.2, 0.25) is 0 Å². The van der Waals surface area contributed by atoms with Gasteiger partial charge >= 0.3 is 0 Å². The Balaban J connectivity index is 2.51. The molecule has 1 aromatic heterocycles. The molecule has 0 aliphatic rings. The Bertz CT molecular complexity index is 292. The number of nitrogens with two attached hydrogens (primary N) is 2. The van der Waals surface area contributed by atoms with E-state index in [1.54, 1.807) is 0 Å². The molecule has 0 saturated heterocycles. The predicted molar refractivity (Wildman–Crippen MR) is 72.8 cm³/mol. The summed E-state index contributed by atoms with van der Waals surface area (Å²) in [5, 5.41) is 0. The van der Waals surface area contributed by atoms with E-state index in [1.165, 1.54) is 22.6 Å². The third-order valence-corrected chi connectivity index (χ3v) is 4.31. The van der Waals surface area contributed by atoms with Crippen LogP contribution in [-0.4, -0.2) is 13.1 Å². The van der Waals surface area contributed by atoms with Crippen LogP contribution in [0.4, 0.5) is 0 Å². The molecule has 1 heterocycles. The van der Waals surface area contributed by atoms with Crippen LogP contribution in [0.3, 0.4) is 0 Å². The monoisotopic (exact) mass is 240 g/mol. The van der Waals surface area contributed by atoms with Gasteiger partial charge in [0.1, 0.15) is 0 Å². The first-order valence-electron chi connectivity index (χ1n) is 6.19. The Labute approximate surface area is 103 Å². The molecule has 1 unspecified atom stereocenters. The fraction of sp³-hybridized carbons (Fsp3) is 0.692. The molecule has 0 spiro atoms. The standard InChI is InChI=1S/C13H24N2S/c1-3-4-12-5-6-13(16-12)7-10(2)11(8-14)9-15/h5-6,10-11H,3-4,7-9,14-15H2,1-2H3. The highest BCUT2D eigenvalue weighted by Gasteiger charge is 2.15. The molecule has 16 heavy (non-hydrogen) atoms. The SMILES string of the molecule is CCCc1ccc(CC(C)C(CN)CN)s1. The van der Waals surface area contributed by atoms with Crippen LogP contribution in [-0.2, 0) is 12.8 Å². The lowest BCUT2D eigenvalue weighted by molar-refractivity contribution is 0.374. The smallest absolute Gasteiger partial charge is 0.00509 e. The maximum absolute atomic E-state index is 5.71. The Morgan fingerprint density at radius 3 is 2.38 bits per heavy atom. The van der Waals surface area contributed by atoms with E-state index in [0.29, 0.717) is 24.9 Å². The molecule has 0 bridgehead atoms. The van der Waals surface area contributed by atoms with Gasteiger partial charge in [-0.1, -0.05) is 20.3 Å². The van der Waals surface area contributed by atoms with Gasteiger partial charge in [0.15, 0.2) is 0 Å². The lowest BCUT2D eigenvalue weighted by Gasteiger charge is -2.19. The summed E-state index contributed by atoms with van der Waals surface area (Å²) in [6.45, 7) is 5.88. The summed E-state index contributed by atoms with van der Waals surface area (Å²) in [6.07, 6.45) is 3.55. The second-order valence-corrected chi connectivity index (χ2v) is 5.78. The highest BCUT2D eigenvalue weighted by Crippen LogP contribution is 2.23. The average molecular weight is 240 g/mol. The van der Waals surface area contributed by atoms with E-state index in [9.17, 15) is 0 Å². The van der Waals surface area contributed by atoms with E-state index in [4.69, 9.17) is 11.5 Å². The van der Waals surface area contributed by atoms with Crippen molar-refractivity contribution in [3.05, 3.63) is 21.9 Å². The van der Waals surface area contributed by atoms with Crippen molar-refractivity contribution >= 4 is 11.3 Å². The third-order valence-electron chi connectivity index (χ3n) is 3.15. The van der Waals surface area contributed by atoms with E-state index in [1.807, 2.05) is 11.3 Å². The molecular formula is C13H24N2S. The van der Waals surface area contributed by atoms with E-state index in [-0.39, 0.29) is 0 Å². The van der Waals surface area contributed by atoms with Crippen LogP contribution in [0.25, 0.3) is 0 Å². The fourth-order valence-electron chi connectivity index (χ4n) is 1.96. The van der Waals surface area contributed by atoms with Crippen molar-refractivity contribution in [3.8, 4) is 0 Å². The second kappa shape index (κ2) is 7.05. The van der Waals surface area contributed by atoms with E-state index < -0.39 is 0 Å². The minimum atomic E-state index is 0.455. The second-order valence-electron chi connectivity index (χ2n) is 4.53. The Hall–Kier alpha value is -0.380. The lowest BCUT2D eigenvalue weighted by atomic mass is 9.91. The molecule has 0 aliphatic heterocycles. The minimum Gasteiger partial charge on any atom is -0.330 e. The van der Waals surface area contributed by atoms with Crippen molar-refractivity contribution in [2.24, 2.45) is 23.3 Å². The molecule has 0 radical (unpaired) electrons. The maximum atomic E-state index is 5.71. The van der Waals surface area contributed by atoms with E-state index in [2.05, 4.69) is 26.0 Å². The van der Waals surface area contributed by atoms with Crippen LogP contribution < -0.4 is 11.5 Å². The number of hydrogen-bond acceptors (Lipinski definition) is 3. The van der Waals surface area contributed by atoms with Crippen LogP contribution in [0.1, 0.15) is 30.0 Å². The van der Waals surface area contributed by atoms with E-state index in [0.717, 1.165) is 6.42 Å². The molecule has 92 valence electrons. The van der Waals surface area contributed by atoms with Crippen molar-refractivity contribution in [1.82, 2.24) is 0 Å². The number of thiophene rings is 1. The molecule has 0 fully saturated rings. The number of rotatable bonds is 7. The van der Waals surface area contributed by atoms with Gasteiger partial charge in [-0.25, -0.2) is 0 Å². The number of aryl methyl sites for hydroxylation is 1. The molecule has 1 atom stereocenters. The Morgan fingerprint density at radius 2 is 1.81 bits per heavy atom. The average Bonchev–Trinajstić information content (AvgIpc) is 2.68. The van der Waals surface area contributed by atoms with Crippen LogP contribution in [0.2, 0.25) is 0 Å². The van der Waals surface area contributed by atoms with Crippen molar-refractivity contribution in [2.75, 3.05) is 13.1 Å². The summed E-state index contributed by atoms with van der Waals surface area (Å²) < 4.78 is 0. The van der Waals surface area contributed by atoms with Crippen LogP contribution in [0.5, 0.6) is 0 Å². The molecule has 1 aromatic rings. The first-order chi connectivity index (χ1) is 7.71. The van der Waals surface area contributed by atoms with Gasteiger partial charge in [0.25, 0.3) is 0 Å². The third kappa shape index (κ3) is 3.89. The topological polar surface area (TPSA) is 52.0 Å². The van der Waals surface area contributed by atoms with Crippen LogP contribution in [0, 0.1) is 11.8 Å². The van der Waals surface area contributed by atoms with Crippen molar-refractivity contribution in [2.45, 2.75) is 33.1 Å². The molecule has 2 nitrogen and oxygen atoms in total. The Morgan fingerprint density at radius 1 is 1.19 bits per heavy atom. The van der Waals surface area contributed by atoms with Crippen LogP contribution in [0.15, 0.2) is 12.1 Å². The normalized spacial score (nSPS) is 13.3. The molecular weight excluding hydrogens is 216 g/mol. The summed E-state index contributed by atoms with van der Waals surface area (Å²) in [7, 11) is 0.